The van der Waals surface area contributed by atoms with Crippen LogP contribution in [-0.4, -0.2) is 41.9 Å². The Hall–Kier alpha value is -0.870. The third-order valence-electron chi connectivity index (χ3n) is 6.29. The van der Waals surface area contributed by atoms with Gasteiger partial charge in [-0.2, -0.15) is 0 Å². The Morgan fingerprint density at radius 2 is 1.29 bits per heavy atom. The van der Waals surface area contributed by atoms with Gasteiger partial charge in [-0.1, -0.05) is 90.7 Å². The molecule has 0 aromatic carbocycles. The van der Waals surface area contributed by atoms with Gasteiger partial charge in [0.15, 0.2) is 5.72 Å². The second-order valence-electron chi connectivity index (χ2n) is 9.64. The van der Waals surface area contributed by atoms with Crippen molar-refractivity contribution in [2.45, 2.75) is 136 Å². The first kappa shape index (κ1) is 30.1. The number of rotatable bonds is 20. The summed E-state index contributed by atoms with van der Waals surface area (Å²) in [5, 5.41) is 10.2. The fraction of sp³-hybridized carbons (Fsp3) is 0.889. The van der Waals surface area contributed by atoms with E-state index in [1.807, 2.05) is 32.8 Å². The molecule has 4 nitrogen and oxygen atoms in total. The number of carbonyl (C=O) groups excluding carboxylic acids is 1. The number of aliphatic hydroxyl groups excluding tert-OH is 1. The maximum Gasteiger partial charge on any atom is 0.307 e. The molecule has 0 saturated heterocycles. The molecule has 1 N–H and O–H groups in total. The molecule has 0 aliphatic heterocycles. The van der Waals surface area contributed by atoms with Crippen molar-refractivity contribution in [2.24, 2.45) is 5.92 Å². The van der Waals surface area contributed by atoms with Crippen LogP contribution in [0.1, 0.15) is 124 Å². The highest BCUT2D eigenvalue weighted by Gasteiger charge is 2.44. The first-order valence-corrected chi connectivity index (χ1v) is 13.0. The molecule has 0 heterocycles. The largest absolute Gasteiger partial charge is 0.441 e. The number of allylic oxidation sites excluding steroid dienone is 2. The Morgan fingerprint density at radius 1 is 0.839 bits per heavy atom. The van der Waals surface area contributed by atoms with Gasteiger partial charge in [-0.05, 0) is 53.1 Å². The molecule has 0 fully saturated rings. The number of aliphatic hydroxyl groups is 1. The van der Waals surface area contributed by atoms with Gasteiger partial charge >= 0.3 is 5.97 Å². The van der Waals surface area contributed by atoms with Gasteiger partial charge in [0.05, 0.1) is 0 Å². The minimum atomic E-state index is -0.959. The standard InChI is InChI=1S/C27H53NO3/c1-7-8-9-10-11-12-13-14-15-16-17-18-19-20-21-22-23-26(30)31-27(24(2)3,25(4)29)28(5)6/h14-15,24-25,29H,7-13,16-23H2,1-6H3. The van der Waals surface area contributed by atoms with Gasteiger partial charge in [0.1, 0.15) is 6.10 Å². The number of ether oxygens (including phenoxy) is 1. The molecule has 0 amide bonds. The molecular weight excluding hydrogens is 386 g/mol. The zero-order chi connectivity index (χ0) is 23.5. The molecule has 0 radical (unpaired) electrons. The van der Waals surface area contributed by atoms with Crippen LogP contribution >= 0.6 is 0 Å². The highest BCUT2D eigenvalue weighted by atomic mass is 16.6. The second kappa shape index (κ2) is 18.7. The van der Waals surface area contributed by atoms with Crippen LogP contribution in [0.15, 0.2) is 12.2 Å². The van der Waals surface area contributed by atoms with Crippen molar-refractivity contribution >= 4 is 5.97 Å². The van der Waals surface area contributed by atoms with Crippen molar-refractivity contribution in [1.82, 2.24) is 4.90 Å². The van der Waals surface area contributed by atoms with Crippen molar-refractivity contribution < 1.29 is 14.6 Å². The predicted molar refractivity (Wildman–Crippen MR) is 133 cm³/mol. The summed E-state index contributed by atoms with van der Waals surface area (Å²) >= 11 is 0. The van der Waals surface area contributed by atoms with Crippen molar-refractivity contribution in [3.8, 4) is 0 Å². The maximum absolute atomic E-state index is 12.4. The van der Waals surface area contributed by atoms with E-state index in [2.05, 4.69) is 19.1 Å². The van der Waals surface area contributed by atoms with E-state index in [0.29, 0.717) is 6.42 Å². The lowest BCUT2D eigenvalue weighted by Gasteiger charge is -2.44. The zero-order valence-corrected chi connectivity index (χ0v) is 21.6. The summed E-state index contributed by atoms with van der Waals surface area (Å²) < 4.78 is 5.78. The van der Waals surface area contributed by atoms with Crippen molar-refractivity contribution in [3.05, 3.63) is 12.2 Å². The summed E-state index contributed by atoms with van der Waals surface area (Å²) in [6, 6.07) is 0. The molecule has 0 aromatic heterocycles. The Balaban J connectivity index is 3.74. The van der Waals surface area contributed by atoms with Crippen LogP contribution in [0.2, 0.25) is 0 Å². The van der Waals surface area contributed by atoms with Gasteiger partial charge in [-0.15, -0.1) is 0 Å². The van der Waals surface area contributed by atoms with E-state index >= 15 is 0 Å². The van der Waals surface area contributed by atoms with E-state index in [9.17, 15) is 9.90 Å². The molecule has 0 aliphatic carbocycles. The molecule has 31 heavy (non-hydrogen) atoms. The number of nitrogens with zero attached hydrogens (tertiary/aromatic N) is 1. The highest BCUT2D eigenvalue weighted by Crippen LogP contribution is 2.29. The summed E-state index contributed by atoms with van der Waals surface area (Å²) in [5.41, 5.74) is -0.959. The van der Waals surface area contributed by atoms with Gasteiger partial charge in [0, 0.05) is 12.3 Å². The fourth-order valence-corrected chi connectivity index (χ4v) is 4.42. The summed E-state index contributed by atoms with van der Waals surface area (Å²) in [7, 11) is 3.70. The van der Waals surface area contributed by atoms with Gasteiger partial charge < -0.3 is 9.84 Å². The normalized spacial score (nSPS) is 15.0. The van der Waals surface area contributed by atoms with E-state index < -0.39 is 11.8 Å². The van der Waals surface area contributed by atoms with Crippen LogP contribution in [0, 0.1) is 5.92 Å². The predicted octanol–water partition coefficient (Wildman–Crippen LogP) is 7.25. The van der Waals surface area contributed by atoms with E-state index in [4.69, 9.17) is 4.74 Å². The molecule has 0 saturated carbocycles. The third-order valence-corrected chi connectivity index (χ3v) is 6.29. The molecule has 4 heteroatoms. The van der Waals surface area contributed by atoms with E-state index in [-0.39, 0.29) is 11.9 Å². The minimum Gasteiger partial charge on any atom is -0.441 e. The molecule has 0 aromatic rings. The lowest BCUT2D eigenvalue weighted by Crippen LogP contribution is -2.59. The van der Waals surface area contributed by atoms with Gasteiger partial charge in [0.25, 0.3) is 0 Å². The molecule has 0 spiro atoms. The monoisotopic (exact) mass is 439 g/mol. The number of hydrogen-bond donors (Lipinski definition) is 1. The summed E-state index contributed by atoms with van der Waals surface area (Å²) in [4.78, 5) is 14.2. The molecule has 2 atom stereocenters. The number of esters is 1. The van der Waals surface area contributed by atoms with Crippen LogP contribution in [0.3, 0.4) is 0 Å². The Morgan fingerprint density at radius 3 is 1.71 bits per heavy atom. The van der Waals surface area contributed by atoms with Crippen molar-refractivity contribution in [1.29, 1.82) is 0 Å². The minimum absolute atomic E-state index is 0.00583. The van der Waals surface area contributed by atoms with Crippen LogP contribution in [-0.2, 0) is 9.53 Å². The van der Waals surface area contributed by atoms with E-state index in [1.165, 1.54) is 77.0 Å². The summed E-state index contributed by atoms with van der Waals surface area (Å²) in [6.45, 7) is 7.91. The first-order chi connectivity index (χ1) is 14.8. The molecule has 2 unspecified atom stereocenters. The summed E-state index contributed by atoms with van der Waals surface area (Å²) in [5.74, 6) is -0.204. The Bertz CT molecular complexity index is 436. The van der Waals surface area contributed by atoms with Crippen LogP contribution in [0.25, 0.3) is 0 Å². The molecule has 184 valence electrons. The third kappa shape index (κ3) is 13.3. The topological polar surface area (TPSA) is 49.8 Å². The lowest BCUT2D eigenvalue weighted by molar-refractivity contribution is -0.220. The van der Waals surface area contributed by atoms with Crippen molar-refractivity contribution in [3.63, 3.8) is 0 Å². The number of carbonyl (C=O) groups is 1. The quantitative estimate of drug-likeness (QED) is 0.0939. The second-order valence-corrected chi connectivity index (χ2v) is 9.64. The Kier molecular flexibility index (Phi) is 18.2. The number of likely N-dealkylation sites (N-methyl/N-ethyl adjacent to an activating group) is 1. The molecule has 0 bridgehead atoms. The maximum atomic E-state index is 12.4. The molecule has 0 aliphatic rings. The average Bonchev–Trinajstić information content (AvgIpc) is 2.70. The van der Waals surface area contributed by atoms with Crippen LogP contribution in [0.4, 0.5) is 0 Å². The fourth-order valence-electron chi connectivity index (χ4n) is 4.42. The number of hydrogen-bond acceptors (Lipinski definition) is 4. The first-order valence-electron chi connectivity index (χ1n) is 13.0. The summed E-state index contributed by atoms with van der Waals surface area (Å²) in [6.07, 6.45) is 21.9. The molecule has 0 rings (SSSR count). The zero-order valence-electron chi connectivity index (χ0n) is 21.6. The smallest absolute Gasteiger partial charge is 0.307 e. The van der Waals surface area contributed by atoms with Crippen LogP contribution in [0.5, 0.6) is 0 Å². The lowest BCUT2D eigenvalue weighted by atomic mass is 9.92. The van der Waals surface area contributed by atoms with E-state index in [0.717, 1.165) is 12.8 Å². The Labute approximate surface area is 193 Å². The van der Waals surface area contributed by atoms with Crippen LogP contribution < -0.4 is 0 Å². The number of unbranched alkanes of at least 4 members (excludes halogenated alkanes) is 12. The van der Waals surface area contributed by atoms with Gasteiger partial charge in [0.2, 0.25) is 0 Å². The highest BCUT2D eigenvalue weighted by molar-refractivity contribution is 5.69. The average molecular weight is 440 g/mol. The SMILES string of the molecule is CCCCCCCCC=CCCCCCCCCC(=O)OC(C(C)C)(C(C)O)N(C)C. The van der Waals surface area contributed by atoms with E-state index in [1.54, 1.807) is 6.92 Å². The van der Waals surface area contributed by atoms with Crippen molar-refractivity contribution in [2.75, 3.05) is 14.1 Å². The van der Waals surface area contributed by atoms with Gasteiger partial charge in [-0.25, -0.2) is 0 Å². The van der Waals surface area contributed by atoms with Gasteiger partial charge in [-0.3, -0.25) is 9.69 Å². The molecular formula is C27H53NO3.